The minimum atomic E-state index is -1.04. The molecule has 0 unspecified atom stereocenters. The molecule has 0 aliphatic carbocycles. The topological polar surface area (TPSA) is 83.4 Å². The Kier molecular flexibility index (Phi) is 4.54. The van der Waals surface area contributed by atoms with Gasteiger partial charge < -0.3 is 10.0 Å². The predicted octanol–water partition coefficient (Wildman–Crippen LogP) is 2.03. The van der Waals surface area contributed by atoms with Crippen LogP contribution in [0.1, 0.15) is 20.8 Å². The summed E-state index contributed by atoms with van der Waals surface area (Å²) in [4.78, 5) is 33.2. The number of hydrogen-bond donors (Lipinski definition) is 1. The highest BCUT2D eigenvalue weighted by Crippen LogP contribution is 2.28. The van der Waals surface area contributed by atoms with Gasteiger partial charge in [-0.15, -0.1) is 0 Å². The molecule has 0 bridgehead atoms. The van der Waals surface area contributed by atoms with E-state index in [9.17, 15) is 9.59 Å². The third-order valence-corrected chi connectivity index (χ3v) is 3.58. The first-order valence-corrected chi connectivity index (χ1v) is 6.84. The van der Waals surface area contributed by atoms with E-state index in [1.165, 1.54) is 35.1 Å². The standard InChI is InChI=1S/C14H13N3O3S/c1-17(2)13(18)11-8-9(5-7-15-11)21-12-10(14(19)20)4-3-6-16-12/h3-8H,1-2H3,(H,19,20). The van der Waals surface area contributed by atoms with E-state index in [2.05, 4.69) is 9.97 Å². The Balaban J connectivity index is 2.31. The zero-order valence-corrected chi connectivity index (χ0v) is 12.3. The van der Waals surface area contributed by atoms with Crippen LogP contribution in [0.3, 0.4) is 0 Å². The van der Waals surface area contributed by atoms with Crippen molar-refractivity contribution in [1.29, 1.82) is 0 Å². The zero-order chi connectivity index (χ0) is 15.4. The van der Waals surface area contributed by atoms with Gasteiger partial charge in [0.2, 0.25) is 0 Å². The molecule has 1 N–H and O–H groups in total. The van der Waals surface area contributed by atoms with E-state index in [1.807, 2.05) is 0 Å². The van der Waals surface area contributed by atoms with Gasteiger partial charge in [-0.25, -0.2) is 9.78 Å². The molecule has 2 rings (SSSR count). The van der Waals surface area contributed by atoms with Gasteiger partial charge in [0.15, 0.2) is 0 Å². The molecular weight excluding hydrogens is 290 g/mol. The molecule has 0 saturated heterocycles. The molecule has 0 fully saturated rings. The Bertz CT molecular complexity index is 689. The summed E-state index contributed by atoms with van der Waals surface area (Å²) in [6.07, 6.45) is 3.05. The largest absolute Gasteiger partial charge is 0.478 e. The number of amides is 1. The molecule has 0 aliphatic rings. The lowest BCUT2D eigenvalue weighted by Crippen LogP contribution is -2.22. The number of nitrogens with zero attached hydrogens (tertiary/aromatic N) is 3. The van der Waals surface area contributed by atoms with Crippen LogP contribution in [0.25, 0.3) is 0 Å². The molecule has 2 aromatic heterocycles. The van der Waals surface area contributed by atoms with Crippen LogP contribution in [-0.4, -0.2) is 45.9 Å². The monoisotopic (exact) mass is 303 g/mol. The van der Waals surface area contributed by atoms with E-state index in [1.54, 1.807) is 32.3 Å². The summed E-state index contributed by atoms with van der Waals surface area (Å²) in [5, 5.41) is 9.51. The third-order valence-electron chi connectivity index (χ3n) is 2.57. The maximum absolute atomic E-state index is 11.9. The fraction of sp³-hybridized carbons (Fsp3) is 0.143. The molecule has 0 saturated carbocycles. The number of pyridine rings is 2. The molecule has 0 aliphatic heterocycles. The second kappa shape index (κ2) is 6.36. The maximum atomic E-state index is 11.9. The van der Waals surface area contributed by atoms with Crippen molar-refractivity contribution >= 4 is 23.6 Å². The van der Waals surface area contributed by atoms with E-state index < -0.39 is 5.97 Å². The minimum absolute atomic E-state index is 0.125. The van der Waals surface area contributed by atoms with Crippen LogP contribution in [0.2, 0.25) is 0 Å². The van der Waals surface area contributed by atoms with Gasteiger partial charge in [0.25, 0.3) is 5.91 Å². The smallest absolute Gasteiger partial charge is 0.338 e. The van der Waals surface area contributed by atoms with Crippen molar-refractivity contribution in [3.63, 3.8) is 0 Å². The Morgan fingerprint density at radius 3 is 2.62 bits per heavy atom. The van der Waals surface area contributed by atoms with Gasteiger partial charge in [-0.05, 0) is 24.3 Å². The molecule has 21 heavy (non-hydrogen) atoms. The Morgan fingerprint density at radius 2 is 1.95 bits per heavy atom. The highest BCUT2D eigenvalue weighted by molar-refractivity contribution is 7.99. The quantitative estimate of drug-likeness (QED) is 0.930. The van der Waals surface area contributed by atoms with E-state index in [-0.39, 0.29) is 11.5 Å². The SMILES string of the molecule is CN(C)C(=O)c1cc(Sc2ncccc2C(=O)O)ccn1. The number of carbonyl (C=O) groups excluding carboxylic acids is 1. The summed E-state index contributed by atoms with van der Waals surface area (Å²) in [6, 6.07) is 6.39. The molecule has 2 aromatic rings. The first-order chi connectivity index (χ1) is 9.99. The third kappa shape index (κ3) is 3.57. The first-order valence-electron chi connectivity index (χ1n) is 6.03. The van der Waals surface area contributed by atoms with Crippen molar-refractivity contribution in [3.05, 3.63) is 47.9 Å². The first kappa shape index (κ1) is 15.0. The van der Waals surface area contributed by atoms with Crippen LogP contribution in [0.5, 0.6) is 0 Å². The van der Waals surface area contributed by atoms with E-state index in [4.69, 9.17) is 5.11 Å². The molecule has 0 radical (unpaired) electrons. The predicted molar refractivity (Wildman–Crippen MR) is 77.6 cm³/mol. The number of aromatic nitrogens is 2. The Labute approximate surface area is 125 Å². The summed E-state index contributed by atoms with van der Waals surface area (Å²) in [5.41, 5.74) is 0.428. The molecule has 0 spiro atoms. The van der Waals surface area contributed by atoms with Crippen molar-refractivity contribution < 1.29 is 14.7 Å². The van der Waals surface area contributed by atoms with Crippen molar-refractivity contribution in [2.45, 2.75) is 9.92 Å². The lowest BCUT2D eigenvalue weighted by atomic mass is 10.3. The van der Waals surface area contributed by atoms with Crippen molar-refractivity contribution in [2.24, 2.45) is 0 Å². The molecule has 6 nitrogen and oxygen atoms in total. The normalized spacial score (nSPS) is 10.2. The van der Waals surface area contributed by atoms with Gasteiger partial charge in [0, 0.05) is 31.4 Å². The van der Waals surface area contributed by atoms with E-state index in [0.717, 1.165) is 0 Å². The minimum Gasteiger partial charge on any atom is -0.478 e. The molecule has 0 atom stereocenters. The van der Waals surface area contributed by atoms with Crippen molar-refractivity contribution in [3.8, 4) is 0 Å². The molecule has 0 aromatic carbocycles. The number of hydrogen-bond acceptors (Lipinski definition) is 5. The summed E-state index contributed by atoms with van der Waals surface area (Å²) < 4.78 is 0. The highest BCUT2D eigenvalue weighted by Gasteiger charge is 2.14. The fourth-order valence-electron chi connectivity index (χ4n) is 1.57. The second-order valence-electron chi connectivity index (χ2n) is 4.34. The van der Waals surface area contributed by atoms with Crippen LogP contribution >= 0.6 is 11.8 Å². The average molecular weight is 303 g/mol. The summed E-state index contributed by atoms with van der Waals surface area (Å²) >= 11 is 1.18. The van der Waals surface area contributed by atoms with Gasteiger partial charge in [-0.2, -0.15) is 0 Å². The van der Waals surface area contributed by atoms with Crippen LogP contribution in [0.4, 0.5) is 0 Å². The lowest BCUT2D eigenvalue weighted by molar-refractivity contribution is 0.0691. The number of carbonyl (C=O) groups is 2. The van der Waals surface area contributed by atoms with Crippen molar-refractivity contribution in [2.75, 3.05) is 14.1 Å². The zero-order valence-electron chi connectivity index (χ0n) is 11.5. The van der Waals surface area contributed by atoms with Crippen LogP contribution < -0.4 is 0 Å². The van der Waals surface area contributed by atoms with Gasteiger partial charge in [0.1, 0.15) is 10.7 Å². The lowest BCUT2D eigenvalue weighted by Gasteiger charge is -2.10. The van der Waals surface area contributed by atoms with Crippen LogP contribution in [-0.2, 0) is 0 Å². The molecule has 2 heterocycles. The van der Waals surface area contributed by atoms with Gasteiger partial charge >= 0.3 is 5.97 Å². The Hall–Kier alpha value is -2.41. The van der Waals surface area contributed by atoms with Crippen LogP contribution in [0, 0.1) is 0 Å². The number of carboxylic acids is 1. The number of rotatable bonds is 4. The van der Waals surface area contributed by atoms with Gasteiger partial charge in [-0.1, -0.05) is 11.8 Å². The van der Waals surface area contributed by atoms with E-state index in [0.29, 0.717) is 15.6 Å². The Morgan fingerprint density at radius 1 is 1.19 bits per heavy atom. The number of aromatic carboxylic acids is 1. The molecule has 108 valence electrons. The second-order valence-corrected chi connectivity index (χ2v) is 5.40. The number of carboxylic acid groups (broad SMARTS) is 1. The summed E-state index contributed by atoms with van der Waals surface area (Å²) in [7, 11) is 3.29. The maximum Gasteiger partial charge on any atom is 0.338 e. The van der Waals surface area contributed by atoms with E-state index >= 15 is 0 Å². The average Bonchev–Trinajstić information content (AvgIpc) is 2.47. The molecule has 7 heteroatoms. The summed E-state index contributed by atoms with van der Waals surface area (Å²) in [5.74, 6) is -1.25. The molecular formula is C14H13N3O3S. The fourth-order valence-corrected chi connectivity index (χ4v) is 2.47. The summed E-state index contributed by atoms with van der Waals surface area (Å²) in [6.45, 7) is 0. The van der Waals surface area contributed by atoms with Gasteiger partial charge in [-0.3, -0.25) is 9.78 Å². The highest BCUT2D eigenvalue weighted by atomic mass is 32.2. The van der Waals surface area contributed by atoms with Crippen molar-refractivity contribution in [1.82, 2.24) is 14.9 Å². The van der Waals surface area contributed by atoms with Crippen LogP contribution in [0.15, 0.2) is 46.6 Å². The molecule has 1 amide bonds. The van der Waals surface area contributed by atoms with Gasteiger partial charge in [0.05, 0.1) is 5.56 Å².